The molecule has 0 saturated carbocycles. The number of H-pyrrole nitrogens is 1. The Labute approximate surface area is 175 Å². The molecular formula is C22H16N6O3. The van der Waals surface area contributed by atoms with Gasteiger partial charge in [-0.2, -0.15) is 10.4 Å². The topological polar surface area (TPSA) is 137 Å². The molecule has 4 aromatic rings. The van der Waals surface area contributed by atoms with Gasteiger partial charge in [-0.1, -0.05) is 18.2 Å². The zero-order valence-corrected chi connectivity index (χ0v) is 16.3. The molecule has 152 valence electrons. The van der Waals surface area contributed by atoms with Crippen LogP contribution in [-0.2, 0) is 11.8 Å². The molecule has 3 N–H and O–H groups in total. The Balaban J connectivity index is 1.84. The van der Waals surface area contributed by atoms with E-state index in [9.17, 15) is 20.0 Å². The summed E-state index contributed by atoms with van der Waals surface area (Å²) in [5.74, 6) is -2.34. The Kier molecular flexibility index (Phi) is 4.08. The molecule has 3 aromatic heterocycles. The van der Waals surface area contributed by atoms with Crippen molar-refractivity contribution in [1.29, 1.82) is 5.26 Å². The standard InChI is InChI=1S/C22H16N6O3/c1-28-14-8-3-2-6-11(14)19(29)17(22(28)31)18-16-15(13-7-4-5-9-24-13)12(10-23)21(30)25-20(16)27-26-18/h2-9,12,15,29H,1H3,(H2,25,26,27,30)/t12-,15+/m0/s1. The minimum atomic E-state index is -1.08. The Morgan fingerprint density at radius 3 is 2.68 bits per heavy atom. The van der Waals surface area contributed by atoms with Crippen molar-refractivity contribution in [2.24, 2.45) is 13.0 Å². The van der Waals surface area contributed by atoms with Crippen molar-refractivity contribution in [2.45, 2.75) is 5.92 Å². The summed E-state index contributed by atoms with van der Waals surface area (Å²) in [6, 6.07) is 14.3. The van der Waals surface area contributed by atoms with Crippen LogP contribution in [0.4, 0.5) is 5.82 Å². The Hall–Kier alpha value is -4.45. The monoisotopic (exact) mass is 412 g/mol. The molecule has 9 nitrogen and oxygen atoms in total. The highest BCUT2D eigenvalue weighted by molar-refractivity contribution is 6.00. The predicted octanol–water partition coefficient (Wildman–Crippen LogP) is 2.25. The molecule has 9 heteroatoms. The number of benzene rings is 1. The van der Waals surface area contributed by atoms with Crippen LogP contribution in [-0.4, -0.2) is 30.8 Å². The lowest BCUT2D eigenvalue weighted by atomic mass is 9.79. The molecule has 0 radical (unpaired) electrons. The fourth-order valence-corrected chi connectivity index (χ4v) is 4.17. The number of aryl methyl sites for hydroxylation is 1. The molecule has 2 atom stereocenters. The van der Waals surface area contributed by atoms with Crippen molar-refractivity contribution in [3.63, 3.8) is 0 Å². The first-order valence-electron chi connectivity index (χ1n) is 9.53. The summed E-state index contributed by atoms with van der Waals surface area (Å²) in [5, 5.41) is 30.8. The largest absolute Gasteiger partial charge is 0.506 e. The van der Waals surface area contributed by atoms with Crippen LogP contribution in [0, 0.1) is 17.2 Å². The highest BCUT2D eigenvalue weighted by atomic mass is 16.3. The number of amides is 1. The van der Waals surface area contributed by atoms with Crippen LogP contribution in [0.3, 0.4) is 0 Å². The molecule has 5 rings (SSSR count). The maximum atomic E-state index is 13.2. The smallest absolute Gasteiger partial charge is 0.264 e. The van der Waals surface area contributed by atoms with Gasteiger partial charge in [0, 0.05) is 29.9 Å². The number of para-hydroxylation sites is 1. The van der Waals surface area contributed by atoms with Crippen molar-refractivity contribution >= 4 is 22.6 Å². The van der Waals surface area contributed by atoms with Gasteiger partial charge >= 0.3 is 0 Å². The van der Waals surface area contributed by atoms with Gasteiger partial charge in [0.1, 0.15) is 17.2 Å². The number of rotatable bonds is 2. The Bertz CT molecular complexity index is 1450. The molecule has 0 saturated heterocycles. The van der Waals surface area contributed by atoms with Crippen molar-refractivity contribution in [1.82, 2.24) is 19.7 Å². The first-order chi connectivity index (χ1) is 15.0. The predicted molar refractivity (Wildman–Crippen MR) is 112 cm³/mol. The summed E-state index contributed by atoms with van der Waals surface area (Å²) < 4.78 is 1.44. The second-order valence-electron chi connectivity index (χ2n) is 7.29. The number of hydrogen-bond donors (Lipinski definition) is 3. The van der Waals surface area contributed by atoms with E-state index in [0.717, 1.165) is 0 Å². The van der Waals surface area contributed by atoms with E-state index in [1.54, 1.807) is 55.7 Å². The van der Waals surface area contributed by atoms with Gasteiger partial charge in [-0.25, -0.2) is 0 Å². The molecule has 0 unspecified atom stereocenters. The lowest BCUT2D eigenvalue weighted by Crippen LogP contribution is -2.33. The van der Waals surface area contributed by atoms with Gasteiger partial charge in [-0.15, -0.1) is 0 Å². The minimum Gasteiger partial charge on any atom is -0.506 e. The molecule has 4 heterocycles. The maximum absolute atomic E-state index is 13.2. The number of aromatic nitrogens is 4. The van der Waals surface area contributed by atoms with Gasteiger partial charge in [0.25, 0.3) is 5.56 Å². The summed E-state index contributed by atoms with van der Waals surface area (Å²) in [5.41, 5.74) is 1.33. The second kappa shape index (κ2) is 6.81. The van der Waals surface area contributed by atoms with Gasteiger partial charge in [-0.3, -0.25) is 19.7 Å². The number of carbonyl (C=O) groups is 1. The SMILES string of the molecule is Cn1c(=O)c(-c2[nH]nc3c2[C@@H](c2ccccn2)[C@H](C#N)C(=O)N3)c(O)c2ccccc21. The zero-order valence-electron chi connectivity index (χ0n) is 16.3. The summed E-state index contributed by atoms with van der Waals surface area (Å²) in [7, 11) is 1.62. The fraction of sp³-hybridized carbons (Fsp3) is 0.136. The van der Waals surface area contributed by atoms with E-state index in [1.165, 1.54) is 4.57 Å². The van der Waals surface area contributed by atoms with Crippen LogP contribution in [0.1, 0.15) is 17.2 Å². The highest BCUT2D eigenvalue weighted by Gasteiger charge is 2.42. The number of aromatic hydroxyl groups is 1. The number of carbonyl (C=O) groups excluding carboxylic acids is 1. The molecule has 1 aromatic carbocycles. The highest BCUT2D eigenvalue weighted by Crippen LogP contribution is 2.45. The zero-order chi connectivity index (χ0) is 21.7. The summed E-state index contributed by atoms with van der Waals surface area (Å²) >= 11 is 0. The minimum absolute atomic E-state index is 0.0173. The van der Waals surface area contributed by atoms with Gasteiger partial charge in [-0.05, 0) is 24.3 Å². The lowest BCUT2D eigenvalue weighted by Gasteiger charge is -2.26. The number of hydrogen-bond acceptors (Lipinski definition) is 6. The van der Waals surface area contributed by atoms with Crippen LogP contribution in [0.25, 0.3) is 22.2 Å². The second-order valence-corrected chi connectivity index (χ2v) is 7.29. The van der Waals surface area contributed by atoms with Crippen LogP contribution < -0.4 is 10.9 Å². The maximum Gasteiger partial charge on any atom is 0.264 e. The normalized spacial score (nSPS) is 17.7. The van der Waals surface area contributed by atoms with Crippen molar-refractivity contribution in [3.8, 4) is 23.1 Å². The summed E-state index contributed by atoms with van der Waals surface area (Å²) in [4.78, 5) is 30.1. The number of nitrogens with one attached hydrogen (secondary N) is 2. The molecule has 31 heavy (non-hydrogen) atoms. The fourth-order valence-electron chi connectivity index (χ4n) is 4.17. The molecule has 0 fully saturated rings. The van der Waals surface area contributed by atoms with Gasteiger partial charge < -0.3 is 15.0 Å². The first kappa shape index (κ1) is 18.6. The van der Waals surface area contributed by atoms with Crippen molar-refractivity contribution < 1.29 is 9.90 Å². The van der Waals surface area contributed by atoms with Crippen molar-refractivity contribution in [3.05, 3.63) is 70.3 Å². The molecule has 0 aliphatic carbocycles. The molecule has 1 aliphatic rings. The average molecular weight is 412 g/mol. The number of anilines is 1. The van der Waals surface area contributed by atoms with Crippen LogP contribution in [0.15, 0.2) is 53.5 Å². The first-order valence-corrected chi connectivity index (χ1v) is 9.53. The lowest BCUT2D eigenvalue weighted by molar-refractivity contribution is -0.119. The van der Waals surface area contributed by atoms with E-state index < -0.39 is 23.3 Å². The number of fused-ring (bicyclic) bond motifs is 2. The molecule has 0 spiro atoms. The Morgan fingerprint density at radius 1 is 1.16 bits per heavy atom. The third-order valence-electron chi connectivity index (χ3n) is 5.64. The number of nitrogens with zero attached hydrogens (tertiary/aromatic N) is 4. The number of nitriles is 1. The third-order valence-corrected chi connectivity index (χ3v) is 5.64. The molecule has 0 bridgehead atoms. The van der Waals surface area contributed by atoms with E-state index in [2.05, 4.69) is 20.5 Å². The molecule has 1 aliphatic heterocycles. The van der Waals surface area contributed by atoms with Crippen LogP contribution >= 0.6 is 0 Å². The number of aromatic amines is 1. The van der Waals surface area contributed by atoms with Crippen LogP contribution in [0.2, 0.25) is 0 Å². The van der Waals surface area contributed by atoms with Crippen molar-refractivity contribution in [2.75, 3.05) is 5.32 Å². The summed E-state index contributed by atoms with van der Waals surface area (Å²) in [6.45, 7) is 0. The van der Waals surface area contributed by atoms with Gasteiger partial charge in [0.2, 0.25) is 5.91 Å². The van der Waals surface area contributed by atoms with E-state index in [4.69, 9.17) is 0 Å². The third kappa shape index (κ3) is 2.62. The van der Waals surface area contributed by atoms with E-state index >= 15 is 0 Å². The molecule has 1 amide bonds. The van der Waals surface area contributed by atoms with Gasteiger partial charge in [0.15, 0.2) is 5.82 Å². The van der Waals surface area contributed by atoms with E-state index in [-0.39, 0.29) is 22.8 Å². The quantitative estimate of drug-likeness (QED) is 0.462. The van der Waals surface area contributed by atoms with Crippen LogP contribution in [0.5, 0.6) is 5.75 Å². The number of pyridine rings is 2. The Morgan fingerprint density at radius 2 is 1.94 bits per heavy atom. The van der Waals surface area contributed by atoms with E-state index in [0.29, 0.717) is 22.2 Å². The van der Waals surface area contributed by atoms with Gasteiger partial charge in [0.05, 0.1) is 23.2 Å². The molecular weight excluding hydrogens is 396 g/mol. The summed E-state index contributed by atoms with van der Waals surface area (Å²) in [6.07, 6.45) is 1.57. The van der Waals surface area contributed by atoms with E-state index in [1.807, 2.05) is 6.07 Å². The average Bonchev–Trinajstić information content (AvgIpc) is 3.20.